The summed E-state index contributed by atoms with van der Waals surface area (Å²) in [7, 11) is -2.96. The standard InChI is InChI=1S/C19H18O3S/c20-23(21)16-10-11-17(23)13-14(12-16)18-8-4-5-9-19(18)22-15-6-2-1-3-7-15/h1-9,12,16-17H,10-11,13H2. The molecule has 0 radical (unpaired) electrons. The Balaban J connectivity index is 1.71. The van der Waals surface area contributed by atoms with E-state index in [1.807, 2.05) is 60.7 Å². The highest BCUT2D eigenvalue weighted by Crippen LogP contribution is 2.43. The normalized spacial score (nSPS) is 25.0. The second kappa shape index (κ2) is 5.53. The lowest BCUT2D eigenvalue weighted by Crippen LogP contribution is -2.26. The van der Waals surface area contributed by atoms with Gasteiger partial charge in [-0.2, -0.15) is 0 Å². The molecule has 0 aliphatic carbocycles. The highest BCUT2D eigenvalue weighted by molar-refractivity contribution is 7.93. The zero-order valence-electron chi connectivity index (χ0n) is 12.7. The molecule has 0 aromatic heterocycles. The fourth-order valence-corrected chi connectivity index (χ4v) is 5.69. The van der Waals surface area contributed by atoms with E-state index < -0.39 is 9.84 Å². The van der Waals surface area contributed by atoms with Gasteiger partial charge in [0.1, 0.15) is 11.5 Å². The lowest BCUT2D eigenvalue weighted by atomic mass is 10.00. The average molecular weight is 326 g/mol. The van der Waals surface area contributed by atoms with Crippen LogP contribution in [-0.2, 0) is 9.84 Å². The molecule has 23 heavy (non-hydrogen) atoms. The molecule has 2 aliphatic heterocycles. The fraction of sp³-hybridized carbons (Fsp3) is 0.263. The number of ether oxygens (including phenoxy) is 1. The van der Waals surface area contributed by atoms with Crippen molar-refractivity contribution in [2.24, 2.45) is 0 Å². The first-order valence-corrected chi connectivity index (χ1v) is 9.51. The molecule has 2 aromatic carbocycles. The largest absolute Gasteiger partial charge is 0.457 e. The Morgan fingerprint density at radius 2 is 1.65 bits per heavy atom. The van der Waals surface area contributed by atoms with Crippen LogP contribution in [0.3, 0.4) is 0 Å². The highest BCUT2D eigenvalue weighted by Gasteiger charge is 2.43. The minimum Gasteiger partial charge on any atom is -0.457 e. The van der Waals surface area contributed by atoms with Gasteiger partial charge in [0.05, 0.1) is 10.5 Å². The van der Waals surface area contributed by atoms with Crippen LogP contribution in [0.1, 0.15) is 24.8 Å². The average Bonchev–Trinajstić information content (AvgIpc) is 2.75. The van der Waals surface area contributed by atoms with Gasteiger partial charge in [-0.05, 0) is 43.0 Å². The summed E-state index contributed by atoms with van der Waals surface area (Å²) < 4.78 is 30.5. The molecule has 1 fully saturated rings. The summed E-state index contributed by atoms with van der Waals surface area (Å²) in [5.41, 5.74) is 2.10. The van der Waals surface area contributed by atoms with E-state index in [0.717, 1.165) is 35.5 Å². The van der Waals surface area contributed by atoms with Gasteiger partial charge < -0.3 is 4.74 Å². The van der Waals surface area contributed by atoms with E-state index in [-0.39, 0.29) is 10.5 Å². The van der Waals surface area contributed by atoms with E-state index in [0.29, 0.717) is 6.42 Å². The zero-order chi connectivity index (χ0) is 15.9. The van der Waals surface area contributed by atoms with Crippen molar-refractivity contribution in [3.05, 3.63) is 66.2 Å². The van der Waals surface area contributed by atoms with E-state index in [1.54, 1.807) is 0 Å². The van der Waals surface area contributed by atoms with Crippen LogP contribution < -0.4 is 4.74 Å². The Morgan fingerprint density at radius 3 is 2.43 bits per heavy atom. The highest BCUT2D eigenvalue weighted by atomic mass is 32.2. The third-order valence-electron chi connectivity index (χ3n) is 4.70. The third-order valence-corrected chi connectivity index (χ3v) is 7.25. The summed E-state index contributed by atoms with van der Waals surface area (Å²) in [4.78, 5) is 0. The Hall–Kier alpha value is -2.07. The van der Waals surface area contributed by atoms with Crippen LogP contribution in [0.4, 0.5) is 0 Å². The first-order chi connectivity index (χ1) is 11.1. The number of allylic oxidation sites excluding steroid dienone is 1. The van der Waals surface area contributed by atoms with Crippen LogP contribution in [-0.4, -0.2) is 18.9 Å². The molecule has 2 bridgehead atoms. The summed E-state index contributed by atoms with van der Waals surface area (Å²) in [5.74, 6) is 1.57. The molecule has 2 heterocycles. The van der Waals surface area contributed by atoms with E-state index >= 15 is 0 Å². The minimum atomic E-state index is -2.96. The molecule has 2 aromatic rings. The molecular weight excluding hydrogens is 308 g/mol. The van der Waals surface area contributed by atoms with Crippen molar-refractivity contribution in [3.8, 4) is 11.5 Å². The number of para-hydroxylation sites is 2. The lowest BCUT2D eigenvalue weighted by Gasteiger charge is -2.22. The Morgan fingerprint density at radius 1 is 0.913 bits per heavy atom. The van der Waals surface area contributed by atoms with E-state index in [4.69, 9.17) is 4.74 Å². The van der Waals surface area contributed by atoms with Gasteiger partial charge in [0.2, 0.25) is 0 Å². The molecule has 0 spiro atoms. The number of hydrogen-bond donors (Lipinski definition) is 0. The summed E-state index contributed by atoms with van der Waals surface area (Å²) in [5, 5.41) is -0.543. The smallest absolute Gasteiger partial charge is 0.159 e. The SMILES string of the molecule is O=S1(=O)C2C=C(c3ccccc3Oc3ccccc3)CC1CC2. The van der Waals surface area contributed by atoms with Crippen molar-refractivity contribution in [2.75, 3.05) is 0 Å². The lowest BCUT2D eigenvalue weighted by molar-refractivity contribution is 0.480. The molecule has 2 aliphatic rings. The van der Waals surface area contributed by atoms with E-state index in [1.165, 1.54) is 0 Å². The van der Waals surface area contributed by atoms with Gasteiger partial charge in [0.25, 0.3) is 0 Å². The molecular formula is C19H18O3S. The third kappa shape index (κ3) is 2.57. The zero-order valence-corrected chi connectivity index (χ0v) is 13.5. The number of rotatable bonds is 3. The van der Waals surface area contributed by atoms with Crippen LogP contribution in [0.15, 0.2) is 60.7 Å². The van der Waals surface area contributed by atoms with E-state index in [9.17, 15) is 8.42 Å². The Bertz CT molecular complexity index is 853. The number of hydrogen-bond acceptors (Lipinski definition) is 3. The molecule has 0 N–H and O–H groups in total. The molecule has 1 saturated heterocycles. The Kier molecular flexibility index (Phi) is 3.49. The van der Waals surface area contributed by atoms with Gasteiger partial charge in [-0.3, -0.25) is 0 Å². The van der Waals surface area contributed by atoms with Gasteiger partial charge in [0, 0.05) is 5.56 Å². The second-order valence-corrected chi connectivity index (χ2v) is 8.58. The predicted molar refractivity (Wildman–Crippen MR) is 91.3 cm³/mol. The fourth-order valence-electron chi connectivity index (χ4n) is 3.50. The monoisotopic (exact) mass is 326 g/mol. The Labute approximate surface area is 136 Å². The van der Waals surface area contributed by atoms with Crippen molar-refractivity contribution in [1.29, 1.82) is 0 Å². The van der Waals surface area contributed by atoms with Crippen molar-refractivity contribution in [2.45, 2.75) is 29.8 Å². The van der Waals surface area contributed by atoms with Gasteiger partial charge in [-0.1, -0.05) is 42.5 Å². The van der Waals surface area contributed by atoms with Crippen LogP contribution in [0.2, 0.25) is 0 Å². The van der Waals surface area contributed by atoms with Crippen LogP contribution in [0, 0.1) is 0 Å². The number of sulfone groups is 1. The summed E-state index contributed by atoms with van der Waals surface area (Å²) in [6.45, 7) is 0. The number of benzene rings is 2. The molecule has 2 unspecified atom stereocenters. The second-order valence-electron chi connectivity index (χ2n) is 6.13. The van der Waals surface area contributed by atoms with Crippen LogP contribution in [0.25, 0.3) is 5.57 Å². The maximum Gasteiger partial charge on any atom is 0.159 e. The van der Waals surface area contributed by atoms with E-state index in [2.05, 4.69) is 0 Å². The van der Waals surface area contributed by atoms with Crippen molar-refractivity contribution in [1.82, 2.24) is 0 Å². The molecule has 4 heteroatoms. The molecule has 3 nitrogen and oxygen atoms in total. The van der Waals surface area contributed by atoms with Gasteiger partial charge in [-0.15, -0.1) is 0 Å². The van der Waals surface area contributed by atoms with Gasteiger partial charge in [0.15, 0.2) is 9.84 Å². The van der Waals surface area contributed by atoms with Gasteiger partial charge >= 0.3 is 0 Å². The molecule has 0 saturated carbocycles. The molecule has 4 rings (SSSR count). The topological polar surface area (TPSA) is 43.4 Å². The molecule has 2 atom stereocenters. The minimum absolute atomic E-state index is 0.225. The summed E-state index contributed by atoms with van der Waals surface area (Å²) in [6, 6.07) is 17.5. The maximum absolute atomic E-state index is 12.3. The van der Waals surface area contributed by atoms with Crippen LogP contribution >= 0.6 is 0 Å². The summed E-state index contributed by atoms with van der Waals surface area (Å²) in [6.07, 6.45) is 4.05. The first-order valence-electron chi connectivity index (χ1n) is 7.90. The number of fused-ring (bicyclic) bond motifs is 2. The quantitative estimate of drug-likeness (QED) is 0.848. The maximum atomic E-state index is 12.3. The van der Waals surface area contributed by atoms with Crippen molar-refractivity contribution in [3.63, 3.8) is 0 Å². The molecule has 118 valence electrons. The van der Waals surface area contributed by atoms with Gasteiger partial charge in [-0.25, -0.2) is 8.42 Å². The summed E-state index contributed by atoms with van der Waals surface area (Å²) >= 11 is 0. The van der Waals surface area contributed by atoms with Crippen molar-refractivity contribution >= 4 is 15.4 Å². The first kappa shape index (κ1) is 14.5. The predicted octanol–water partition coefficient (Wildman–Crippen LogP) is 4.21. The van der Waals surface area contributed by atoms with Crippen molar-refractivity contribution < 1.29 is 13.2 Å². The molecule has 0 amide bonds. The van der Waals surface area contributed by atoms with Crippen LogP contribution in [0.5, 0.6) is 11.5 Å².